The van der Waals surface area contributed by atoms with Crippen LogP contribution in [0.2, 0.25) is 0 Å². The van der Waals surface area contributed by atoms with Gasteiger partial charge in [-0.15, -0.1) is 0 Å². The Balaban J connectivity index is 2.38. The Hall–Kier alpha value is -1.37. The highest BCUT2D eigenvalue weighted by atomic mass is 32.1. The standard InChI is InChI=1S/C6H11N5OS/c1-11(3-2-5(7)10-12)6-8-4-9-13-6/h4,12H,2-3H2,1H3,(H2,7,10). The molecule has 1 rings (SSSR count). The molecule has 0 spiro atoms. The quantitative estimate of drug-likeness (QED) is 0.312. The molecule has 0 atom stereocenters. The molecular weight excluding hydrogens is 190 g/mol. The van der Waals surface area contributed by atoms with Gasteiger partial charge in [-0.05, 0) is 0 Å². The fraction of sp³-hybridized carbons (Fsp3) is 0.500. The average molecular weight is 201 g/mol. The molecule has 1 aromatic rings. The topological polar surface area (TPSA) is 87.6 Å². The molecule has 0 amide bonds. The second-order valence-electron chi connectivity index (χ2n) is 2.49. The first-order chi connectivity index (χ1) is 6.24. The van der Waals surface area contributed by atoms with Crippen molar-refractivity contribution in [2.24, 2.45) is 10.9 Å². The lowest BCUT2D eigenvalue weighted by molar-refractivity contribution is 0.317. The molecule has 0 fully saturated rings. The zero-order chi connectivity index (χ0) is 9.68. The summed E-state index contributed by atoms with van der Waals surface area (Å²) in [6.07, 6.45) is 2.01. The number of hydrogen-bond donors (Lipinski definition) is 2. The summed E-state index contributed by atoms with van der Waals surface area (Å²) in [5.41, 5.74) is 5.32. The van der Waals surface area contributed by atoms with Crippen molar-refractivity contribution >= 4 is 22.5 Å². The van der Waals surface area contributed by atoms with E-state index in [0.29, 0.717) is 13.0 Å². The van der Waals surface area contributed by atoms with Crippen LogP contribution in [0.3, 0.4) is 0 Å². The predicted molar refractivity (Wildman–Crippen MR) is 51.2 cm³/mol. The summed E-state index contributed by atoms with van der Waals surface area (Å²) in [6, 6.07) is 0. The number of oxime groups is 1. The Kier molecular flexibility index (Phi) is 3.44. The fourth-order valence-electron chi connectivity index (χ4n) is 0.763. The molecule has 3 N–H and O–H groups in total. The van der Waals surface area contributed by atoms with E-state index < -0.39 is 0 Å². The van der Waals surface area contributed by atoms with E-state index >= 15 is 0 Å². The molecule has 0 unspecified atom stereocenters. The molecule has 7 heteroatoms. The molecule has 1 aromatic heterocycles. The van der Waals surface area contributed by atoms with Gasteiger partial charge in [-0.3, -0.25) is 0 Å². The van der Waals surface area contributed by atoms with Gasteiger partial charge in [0, 0.05) is 31.5 Å². The van der Waals surface area contributed by atoms with Crippen LogP contribution in [0.15, 0.2) is 11.5 Å². The molecule has 13 heavy (non-hydrogen) atoms. The van der Waals surface area contributed by atoms with Crippen molar-refractivity contribution in [1.29, 1.82) is 0 Å². The first-order valence-electron chi connectivity index (χ1n) is 3.68. The SMILES string of the molecule is CN(CCC(N)=NO)c1ncns1. The third kappa shape index (κ3) is 2.86. The van der Waals surface area contributed by atoms with Gasteiger partial charge in [-0.1, -0.05) is 5.16 Å². The lowest BCUT2D eigenvalue weighted by Gasteiger charge is -2.13. The van der Waals surface area contributed by atoms with Crippen LogP contribution >= 0.6 is 11.5 Å². The van der Waals surface area contributed by atoms with Gasteiger partial charge in [0.2, 0.25) is 5.13 Å². The maximum atomic E-state index is 8.30. The highest BCUT2D eigenvalue weighted by molar-refractivity contribution is 7.09. The molecule has 0 radical (unpaired) electrons. The molecular formula is C6H11N5OS. The summed E-state index contributed by atoms with van der Waals surface area (Å²) in [6.45, 7) is 0.658. The normalized spacial score (nSPS) is 11.6. The number of nitrogens with zero attached hydrogens (tertiary/aromatic N) is 4. The zero-order valence-corrected chi connectivity index (χ0v) is 8.03. The third-order valence-electron chi connectivity index (χ3n) is 1.51. The average Bonchev–Trinajstić information content (AvgIpc) is 2.66. The minimum atomic E-state index is 0.219. The van der Waals surface area contributed by atoms with Crippen molar-refractivity contribution in [3.05, 3.63) is 6.33 Å². The number of anilines is 1. The Bertz CT molecular complexity index is 273. The first-order valence-corrected chi connectivity index (χ1v) is 4.45. The van der Waals surface area contributed by atoms with Crippen molar-refractivity contribution in [3.63, 3.8) is 0 Å². The molecule has 0 saturated heterocycles. The van der Waals surface area contributed by atoms with Crippen LogP contribution in [0, 0.1) is 0 Å². The molecule has 0 aliphatic rings. The van der Waals surface area contributed by atoms with Gasteiger partial charge in [-0.2, -0.15) is 4.37 Å². The van der Waals surface area contributed by atoms with Gasteiger partial charge < -0.3 is 15.8 Å². The summed E-state index contributed by atoms with van der Waals surface area (Å²) >= 11 is 1.31. The Morgan fingerprint density at radius 3 is 3.15 bits per heavy atom. The highest BCUT2D eigenvalue weighted by Crippen LogP contribution is 2.12. The molecule has 0 aliphatic heterocycles. The smallest absolute Gasteiger partial charge is 0.204 e. The minimum Gasteiger partial charge on any atom is -0.409 e. The maximum Gasteiger partial charge on any atom is 0.204 e. The van der Waals surface area contributed by atoms with E-state index in [1.165, 1.54) is 17.9 Å². The molecule has 1 heterocycles. The molecule has 72 valence electrons. The minimum absolute atomic E-state index is 0.219. The molecule has 0 bridgehead atoms. The van der Waals surface area contributed by atoms with E-state index in [9.17, 15) is 0 Å². The molecule has 0 aliphatic carbocycles. The molecule has 0 saturated carbocycles. The Morgan fingerprint density at radius 1 is 1.85 bits per heavy atom. The lowest BCUT2D eigenvalue weighted by atomic mass is 10.4. The Morgan fingerprint density at radius 2 is 2.62 bits per heavy atom. The van der Waals surface area contributed by atoms with E-state index in [0.717, 1.165) is 5.13 Å². The maximum absolute atomic E-state index is 8.30. The summed E-state index contributed by atoms with van der Waals surface area (Å²) in [4.78, 5) is 5.91. The van der Waals surface area contributed by atoms with Crippen molar-refractivity contribution in [1.82, 2.24) is 9.36 Å². The van der Waals surface area contributed by atoms with Gasteiger partial charge >= 0.3 is 0 Å². The summed E-state index contributed by atoms with van der Waals surface area (Å²) in [5, 5.41) is 12.0. The van der Waals surface area contributed by atoms with Gasteiger partial charge in [0.25, 0.3) is 0 Å². The number of aromatic nitrogens is 2. The van der Waals surface area contributed by atoms with Crippen molar-refractivity contribution in [2.45, 2.75) is 6.42 Å². The Labute approximate surface area is 79.9 Å². The summed E-state index contributed by atoms with van der Waals surface area (Å²) in [7, 11) is 1.88. The number of nitrogens with two attached hydrogens (primary N) is 1. The van der Waals surface area contributed by atoms with Crippen molar-refractivity contribution < 1.29 is 5.21 Å². The predicted octanol–water partition coefficient (Wildman–Crippen LogP) is 0.111. The largest absolute Gasteiger partial charge is 0.409 e. The van der Waals surface area contributed by atoms with Gasteiger partial charge in [-0.25, -0.2) is 4.98 Å². The monoisotopic (exact) mass is 201 g/mol. The number of amidine groups is 1. The first kappa shape index (κ1) is 9.72. The van der Waals surface area contributed by atoms with E-state index in [2.05, 4.69) is 14.5 Å². The molecule has 0 aromatic carbocycles. The van der Waals surface area contributed by atoms with Crippen molar-refractivity contribution in [3.8, 4) is 0 Å². The summed E-state index contributed by atoms with van der Waals surface area (Å²) < 4.78 is 3.87. The van der Waals surface area contributed by atoms with Crippen LogP contribution in [-0.4, -0.2) is 34.0 Å². The van der Waals surface area contributed by atoms with Gasteiger partial charge in [0.15, 0.2) is 0 Å². The summed E-state index contributed by atoms with van der Waals surface area (Å²) in [5.74, 6) is 0.219. The van der Waals surface area contributed by atoms with E-state index in [-0.39, 0.29) is 5.84 Å². The second kappa shape index (κ2) is 4.61. The van der Waals surface area contributed by atoms with Crippen LogP contribution in [-0.2, 0) is 0 Å². The zero-order valence-electron chi connectivity index (χ0n) is 7.21. The number of hydrogen-bond acceptors (Lipinski definition) is 6. The van der Waals surface area contributed by atoms with Crippen LogP contribution < -0.4 is 10.6 Å². The number of rotatable bonds is 4. The van der Waals surface area contributed by atoms with E-state index in [1.54, 1.807) is 0 Å². The van der Waals surface area contributed by atoms with Gasteiger partial charge in [0.1, 0.15) is 12.2 Å². The van der Waals surface area contributed by atoms with Crippen LogP contribution in [0.5, 0.6) is 0 Å². The van der Waals surface area contributed by atoms with Crippen LogP contribution in [0.4, 0.5) is 5.13 Å². The lowest BCUT2D eigenvalue weighted by Crippen LogP contribution is -2.24. The third-order valence-corrected chi connectivity index (χ3v) is 2.29. The highest BCUT2D eigenvalue weighted by Gasteiger charge is 2.04. The molecule has 6 nitrogen and oxygen atoms in total. The van der Waals surface area contributed by atoms with Crippen LogP contribution in [0.25, 0.3) is 0 Å². The van der Waals surface area contributed by atoms with Crippen LogP contribution in [0.1, 0.15) is 6.42 Å². The second-order valence-corrected chi connectivity index (χ2v) is 3.25. The van der Waals surface area contributed by atoms with E-state index in [4.69, 9.17) is 10.9 Å². The fourth-order valence-corrected chi connectivity index (χ4v) is 1.28. The van der Waals surface area contributed by atoms with E-state index in [1.807, 2.05) is 11.9 Å². The van der Waals surface area contributed by atoms with Crippen molar-refractivity contribution in [2.75, 3.05) is 18.5 Å². The van der Waals surface area contributed by atoms with Gasteiger partial charge in [0.05, 0.1) is 0 Å².